The van der Waals surface area contributed by atoms with Crippen LogP contribution in [0.15, 0.2) is 32.0 Å². The Hall–Kier alpha value is 0.0900. The van der Waals surface area contributed by atoms with Gasteiger partial charge in [-0.2, -0.15) is 4.31 Å². The van der Waals surface area contributed by atoms with Gasteiger partial charge in [0.1, 0.15) is 0 Å². The second-order valence-corrected chi connectivity index (χ2v) is 10.2. The van der Waals surface area contributed by atoms with Gasteiger partial charge in [-0.1, -0.05) is 29.8 Å². The summed E-state index contributed by atoms with van der Waals surface area (Å²) in [5.41, 5.74) is 0.331. The van der Waals surface area contributed by atoms with Crippen molar-refractivity contribution >= 4 is 41.9 Å². The predicted octanol–water partition coefficient (Wildman–Crippen LogP) is 4.80. The summed E-state index contributed by atoms with van der Waals surface area (Å²) in [7, 11) is -1.77. The second kappa shape index (κ2) is 6.30. The highest BCUT2D eigenvalue weighted by Crippen LogP contribution is 2.38. The summed E-state index contributed by atoms with van der Waals surface area (Å²) < 4.78 is 28.6. The van der Waals surface area contributed by atoms with E-state index >= 15 is 0 Å². The molecule has 0 N–H and O–H groups in total. The number of nitrogens with zero attached hydrogens (tertiary/aromatic N) is 1. The Kier molecular flexibility index (Phi) is 5.23. The van der Waals surface area contributed by atoms with Crippen LogP contribution < -0.4 is 0 Å². The molecule has 1 fully saturated rings. The van der Waals surface area contributed by atoms with Crippen molar-refractivity contribution in [2.24, 2.45) is 5.41 Å². The van der Waals surface area contributed by atoms with E-state index in [2.05, 4.69) is 45.7 Å². The minimum Gasteiger partial charge on any atom is -0.207 e. The zero-order valence-electron chi connectivity index (χ0n) is 12.6. The average molecular weight is 439 g/mol. The lowest BCUT2D eigenvalue weighted by Gasteiger charge is -2.38. The van der Waals surface area contributed by atoms with Gasteiger partial charge in [-0.25, -0.2) is 8.42 Å². The minimum atomic E-state index is -3.47. The van der Waals surface area contributed by atoms with Crippen LogP contribution in [0.1, 0.15) is 39.5 Å². The van der Waals surface area contributed by atoms with Gasteiger partial charge in [0.05, 0.1) is 4.90 Å². The fourth-order valence-electron chi connectivity index (χ4n) is 2.77. The summed E-state index contributed by atoms with van der Waals surface area (Å²) in [5, 5.41) is 0. The van der Waals surface area contributed by atoms with Gasteiger partial charge in [-0.05, 0) is 65.2 Å². The third-order valence-electron chi connectivity index (χ3n) is 4.37. The van der Waals surface area contributed by atoms with E-state index in [4.69, 9.17) is 0 Å². The molecule has 0 amide bonds. The topological polar surface area (TPSA) is 37.4 Å². The van der Waals surface area contributed by atoms with E-state index in [1.807, 2.05) is 6.07 Å². The van der Waals surface area contributed by atoms with Gasteiger partial charge in [-0.3, -0.25) is 0 Å². The maximum Gasteiger partial charge on any atom is 0.244 e. The summed E-state index contributed by atoms with van der Waals surface area (Å²) in [6, 6.07) is 5.33. The largest absolute Gasteiger partial charge is 0.244 e. The molecule has 3 nitrogen and oxygen atoms in total. The Balaban J connectivity index is 2.25. The molecule has 1 aliphatic rings. The zero-order valence-corrected chi connectivity index (χ0v) is 16.6. The van der Waals surface area contributed by atoms with E-state index in [0.29, 0.717) is 14.8 Å². The molecule has 1 aromatic rings. The molecule has 0 heterocycles. The third-order valence-corrected chi connectivity index (χ3v) is 7.77. The van der Waals surface area contributed by atoms with Gasteiger partial charge >= 0.3 is 0 Å². The highest BCUT2D eigenvalue weighted by molar-refractivity contribution is 9.11. The smallest absolute Gasteiger partial charge is 0.207 e. The summed E-state index contributed by atoms with van der Waals surface area (Å²) in [5.74, 6) is 0. The number of halogens is 2. The molecular formula is C15H21Br2NO2S. The van der Waals surface area contributed by atoms with Gasteiger partial charge in [-0.15, -0.1) is 0 Å². The Morgan fingerprint density at radius 1 is 1.19 bits per heavy atom. The molecule has 2 rings (SSSR count). The van der Waals surface area contributed by atoms with Gasteiger partial charge in [0.15, 0.2) is 0 Å². The Morgan fingerprint density at radius 3 is 2.33 bits per heavy atom. The summed E-state index contributed by atoms with van der Waals surface area (Å²) in [4.78, 5) is 0.323. The van der Waals surface area contributed by atoms with E-state index in [-0.39, 0.29) is 6.04 Å². The fourth-order valence-corrected chi connectivity index (χ4v) is 5.65. The van der Waals surface area contributed by atoms with E-state index < -0.39 is 10.0 Å². The maximum absolute atomic E-state index is 12.8. The quantitative estimate of drug-likeness (QED) is 0.679. The lowest BCUT2D eigenvalue weighted by Crippen LogP contribution is -2.40. The lowest BCUT2D eigenvalue weighted by molar-refractivity contribution is 0.174. The van der Waals surface area contributed by atoms with Crippen molar-refractivity contribution in [3.8, 4) is 0 Å². The maximum atomic E-state index is 12.8. The van der Waals surface area contributed by atoms with Crippen molar-refractivity contribution in [1.29, 1.82) is 0 Å². The van der Waals surface area contributed by atoms with Crippen LogP contribution >= 0.6 is 31.9 Å². The van der Waals surface area contributed by atoms with Gasteiger partial charge in [0, 0.05) is 22.0 Å². The number of hydrogen-bond acceptors (Lipinski definition) is 2. The van der Waals surface area contributed by atoms with Crippen molar-refractivity contribution in [1.82, 2.24) is 4.31 Å². The first-order valence-electron chi connectivity index (χ1n) is 7.07. The van der Waals surface area contributed by atoms with Crippen LogP contribution in [0.3, 0.4) is 0 Å². The predicted molar refractivity (Wildman–Crippen MR) is 92.8 cm³/mol. The Labute approximate surface area is 144 Å². The number of rotatable bonds is 3. The molecule has 1 aliphatic carbocycles. The first-order valence-corrected chi connectivity index (χ1v) is 10.1. The highest BCUT2D eigenvalue weighted by atomic mass is 79.9. The fraction of sp³-hybridized carbons (Fsp3) is 0.600. The van der Waals surface area contributed by atoms with Crippen molar-refractivity contribution in [2.45, 2.75) is 50.5 Å². The molecule has 0 aromatic heterocycles. The molecule has 0 saturated heterocycles. The molecule has 0 spiro atoms. The summed E-state index contributed by atoms with van der Waals surface area (Å²) >= 11 is 6.70. The number of hydrogen-bond donors (Lipinski definition) is 0. The molecule has 1 saturated carbocycles. The SMILES string of the molecule is CN(C1CCC(C)(C)CC1)S(=O)(=O)c1cc(Br)ccc1Br. The van der Waals surface area contributed by atoms with Crippen molar-refractivity contribution in [3.05, 3.63) is 27.1 Å². The molecule has 0 aliphatic heterocycles. The molecule has 1 aromatic carbocycles. The second-order valence-electron chi connectivity index (χ2n) is 6.49. The molecule has 0 atom stereocenters. The van der Waals surface area contributed by atoms with Gasteiger partial charge in [0.25, 0.3) is 0 Å². The normalized spacial score (nSPS) is 19.9. The van der Waals surface area contributed by atoms with Crippen LogP contribution in [0.5, 0.6) is 0 Å². The minimum absolute atomic E-state index is 0.0916. The molecular weight excluding hydrogens is 418 g/mol. The molecule has 0 bridgehead atoms. The summed E-state index contributed by atoms with van der Waals surface area (Å²) in [6.45, 7) is 4.51. The average Bonchev–Trinajstić information content (AvgIpc) is 2.40. The van der Waals surface area contributed by atoms with Crippen LogP contribution in [-0.4, -0.2) is 25.8 Å². The first-order chi connectivity index (χ1) is 9.63. The first kappa shape index (κ1) is 17.4. The summed E-state index contributed by atoms with van der Waals surface area (Å²) in [6.07, 6.45) is 3.98. The van der Waals surface area contributed by atoms with E-state index in [1.54, 1.807) is 23.5 Å². The van der Waals surface area contributed by atoms with E-state index in [1.165, 1.54) is 0 Å². The molecule has 21 heavy (non-hydrogen) atoms. The van der Waals surface area contributed by atoms with Crippen LogP contribution in [0, 0.1) is 5.41 Å². The number of sulfonamides is 1. The van der Waals surface area contributed by atoms with E-state index in [0.717, 1.165) is 30.2 Å². The molecule has 0 unspecified atom stereocenters. The standard InChI is InChI=1S/C15H21Br2NO2S/c1-15(2)8-6-12(7-9-15)18(3)21(19,20)14-10-11(16)4-5-13(14)17/h4-5,10,12H,6-9H2,1-3H3. The zero-order chi connectivity index (χ0) is 15.8. The monoisotopic (exact) mass is 437 g/mol. The lowest BCUT2D eigenvalue weighted by atomic mass is 9.76. The third kappa shape index (κ3) is 3.89. The Morgan fingerprint density at radius 2 is 1.76 bits per heavy atom. The number of benzene rings is 1. The molecule has 118 valence electrons. The van der Waals surface area contributed by atoms with E-state index in [9.17, 15) is 8.42 Å². The van der Waals surface area contributed by atoms with Crippen molar-refractivity contribution in [2.75, 3.05) is 7.05 Å². The molecule has 6 heteroatoms. The van der Waals surface area contributed by atoms with Crippen molar-refractivity contribution < 1.29 is 8.42 Å². The van der Waals surface area contributed by atoms with Crippen LogP contribution in [0.25, 0.3) is 0 Å². The highest BCUT2D eigenvalue weighted by Gasteiger charge is 2.34. The van der Waals surface area contributed by atoms with Crippen LogP contribution in [0.2, 0.25) is 0 Å². The van der Waals surface area contributed by atoms with Crippen LogP contribution in [-0.2, 0) is 10.0 Å². The van der Waals surface area contributed by atoms with Crippen LogP contribution in [0.4, 0.5) is 0 Å². The van der Waals surface area contributed by atoms with Crippen molar-refractivity contribution in [3.63, 3.8) is 0 Å². The molecule has 0 radical (unpaired) electrons. The Bertz CT molecular complexity index is 619. The van der Waals surface area contributed by atoms with Gasteiger partial charge < -0.3 is 0 Å². The van der Waals surface area contributed by atoms with Gasteiger partial charge in [0.2, 0.25) is 10.0 Å².